The predicted molar refractivity (Wildman–Crippen MR) is 98.0 cm³/mol. The molecule has 0 heterocycles. The van der Waals surface area contributed by atoms with Gasteiger partial charge in [-0.15, -0.1) is 0 Å². The molecule has 24 heavy (non-hydrogen) atoms. The minimum Gasteiger partial charge on any atom is -0.306 e. The molecule has 0 fully saturated rings. The van der Waals surface area contributed by atoms with E-state index in [1.807, 2.05) is 12.1 Å². The normalized spacial score (nSPS) is 11.8. The summed E-state index contributed by atoms with van der Waals surface area (Å²) in [6.07, 6.45) is 2.08. The molecule has 2 rings (SSSR count). The maximum atomic E-state index is 11.7. The van der Waals surface area contributed by atoms with E-state index in [-0.39, 0.29) is 6.03 Å². The molecule has 1 unspecified atom stereocenters. The number of nitrogens with zero attached hydrogens (tertiary/aromatic N) is 1. The highest BCUT2D eigenvalue weighted by Gasteiger charge is 2.09. The standard InChI is InChI=1S/C20H26N2O2/c1-15-5-7-17(8-6-15)13-16(2)14-18-9-11-19(12-10-18)21-20(23)22(3)24-4/h5-12,16H,13-14H2,1-4H3,(H,21,23). The van der Waals surface area contributed by atoms with Crippen molar-refractivity contribution in [1.82, 2.24) is 5.06 Å². The van der Waals surface area contributed by atoms with Gasteiger partial charge >= 0.3 is 6.03 Å². The van der Waals surface area contributed by atoms with E-state index < -0.39 is 0 Å². The summed E-state index contributed by atoms with van der Waals surface area (Å²) in [6, 6.07) is 16.4. The SMILES string of the molecule is CON(C)C(=O)Nc1ccc(CC(C)Cc2ccc(C)cc2)cc1. The number of carbonyl (C=O) groups is 1. The number of aryl methyl sites for hydroxylation is 1. The molecule has 4 heteroatoms. The van der Waals surface area contributed by atoms with Crippen LogP contribution in [0, 0.1) is 12.8 Å². The summed E-state index contributed by atoms with van der Waals surface area (Å²) >= 11 is 0. The van der Waals surface area contributed by atoms with E-state index in [1.165, 1.54) is 23.8 Å². The maximum absolute atomic E-state index is 11.7. The minimum atomic E-state index is -0.294. The highest BCUT2D eigenvalue weighted by atomic mass is 16.7. The zero-order valence-electron chi connectivity index (χ0n) is 14.9. The summed E-state index contributed by atoms with van der Waals surface area (Å²) < 4.78 is 0. The number of anilines is 1. The molecule has 0 radical (unpaired) electrons. The van der Waals surface area contributed by atoms with Gasteiger partial charge in [-0.2, -0.15) is 0 Å². The fraction of sp³-hybridized carbons (Fsp3) is 0.350. The lowest BCUT2D eigenvalue weighted by Crippen LogP contribution is -2.30. The second-order valence-electron chi connectivity index (χ2n) is 6.31. The Morgan fingerprint density at radius 2 is 1.54 bits per heavy atom. The van der Waals surface area contributed by atoms with E-state index in [0.29, 0.717) is 5.92 Å². The quantitative estimate of drug-likeness (QED) is 0.797. The van der Waals surface area contributed by atoms with Crippen molar-refractivity contribution in [3.05, 3.63) is 65.2 Å². The van der Waals surface area contributed by atoms with Gasteiger partial charge in [-0.25, -0.2) is 9.86 Å². The molecule has 1 atom stereocenters. The monoisotopic (exact) mass is 326 g/mol. The molecule has 4 nitrogen and oxygen atoms in total. The van der Waals surface area contributed by atoms with Crippen molar-refractivity contribution in [2.75, 3.05) is 19.5 Å². The van der Waals surface area contributed by atoms with Crippen molar-refractivity contribution >= 4 is 11.7 Å². The first-order valence-electron chi connectivity index (χ1n) is 8.21. The molecule has 1 N–H and O–H groups in total. The predicted octanol–water partition coefficient (Wildman–Crippen LogP) is 4.44. The second-order valence-corrected chi connectivity index (χ2v) is 6.31. The van der Waals surface area contributed by atoms with Gasteiger partial charge in [0, 0.05) is 12.7 Å². The van der Waals surface area contributed by atoms with E-state index in [0.717, 1.165) is 23.6 Å². The molecule has 0 bridgehead atoms. The van der Waals surface area contributed by atoms with Crippen molar-refractivity contribution in [3.63, 3.8) is 0 Å². The molecular formula is C20H26N2O2. The molecule has 2 aromatic rings. The first kappa shape index (κ1) is 18.0. The third-order valence-electron chi connectivity index (χ3n) is 4.05. The summed E-state index contributed by atoms with van der Waals surface area (Å²) in [5.74, 6) is 0.563. The van der Waals surface area contributed by atoms with Crippen molar-refractivity contribution in [3.8, 4) is 0 Å². The van der Waals surface area contributed by atoms with Gasteiger partial charge in [-0.05, 0) is 48.9 Å². The topological polar surface area (TPSA) is 41.6 Å². The first-order valence-corrected chi connectivity index (χ1v) is 8.21. The van der Waals surface area contributed by atoms with Gasteiger partial charge in [0.15, 0.2) is 0 Å². The van der Waals surface area contributed by atoms with Gasteiger partial charge in [0.05, 0.1) is 7.11 Å². The zero-order chi connectivity index (χ0) is 17.5. The van der Waals surface area contributed by atoms with Crippen LogP contribution in [0.2, 0.25) is 0 Å². The van der Waals surface area contributed by atoms with Gasteiger partial charge in [0.25, 0.3) is 0 Å². The van der Waals surface area contributed by atoms with Gasteiger partial charge in [0.1, 0.15) is 0 Å². The molecule has 0 aliphatic carbocycles. The largest absolute Gasteiger partial charge is 0.345 e. The Bertz CT molecular complexity index is 650. The van der Waals surface area contributed by atoms with Crippen molar-refractivity contribution in [2.45, 2.75) is 26.7 Å². The van der Waals surface area contributed by atoms with Crippen molar-refractivity contribution in [2.24, 2.45) is 5.92 Å². The molecule has 0 saturated carbocycles. The molecule has 0 aromatic heterocycles. The Labute approximate surface area is 144 Å². The van der Waals surface area contributed by atoms with Crippen molar-refractivity contribution in [1.29, 1.82) is 0 Å². The Balaban J connectivity index is 1.88. The molecular weight excluding hydrogens is 300 g/mol. The number of rotatable bonds is 6. The summed E-state index contributed by atoms with van der Waals surface area (Å²) in [4.78, 5) is 16.6. The number of carbonyl (C=O) groups excluding carboxylic acids is 1. The number of nitrogens with one attached hydrogen (secondary N) is 1. The molecule has 0 aliphatic rings. The average Bonchev–Trinajstić information content (AvgIpc) is 2.58. The van der Waals surface area contributed by atoms with E-state index in [2.05, 4.69) is 55.6 Å². The van der Waals surface area contributed by atoms with Crippen LogP contribution in [0.15, 0.2) is 48.5 Å². The minimum absolute atomic E-state index is 0.294. The zero-order valence-corrected chi connectivity index (χ0v) is 14.9. The summed E-state index contributed by atoms with van der Waals surface area (Å²) in [5.41, 5.74) is 4.70. The molecule has 2 amide bonds. The number of hydrogen-bond donors (Lipinski definition) is 1. The van der Waals surface area contributed by atoms with Crippen LogP contribution in [0.3, 0.4) is 0 Å². The van der Waals surface area contributed by atoms with Gasteiger partial charge in [-0.1, -0.05) is 48.9 Å². The van der Waals surface area contributed by atoms with E-state index >= 15 is 0 Å². The van der Waals surface area contributed by atoms with Crippen LogP contribution in [0.25, 0.3) is 0 Å². The van der Waals surface area contributed by atoms with Gasteiger partial charge < -0.3 is 5.32 Å². The Morgan fingerprint density at radius 3 is 2.04 bits per heavy atom. The second kappa shape index (κ2) is 8.50. The number of benzene rings is 2. The first-order chi connectivity index (χ1) is 11.5. The van der Waals surface area contributed by atoms with Crippen LogP contribution in [0.5, 0.6) is 0 Å². The van der Waals surface area contributed by atoms with Crippen LogP contribution < -0.4 is 5.32 Å². The van der Waals surface area contributed by atoms with E-state index in [9.17, 15) is 4.79 Å². The third-order valence-corrected chi connectivity index (χ3v) is 4.05. The Morgan fingerprint density at radius 1 is 1.04 bits per heavy atom. The van der Waals surface area contributed by atoms with Crippen LogP contribution in [0.4, 0.5) is 10.5 Å². The van der Waals surface area contributed by atoms with Gasteiger partial charge in [-0.3, -0.25) is 4.84 Å². The van der Waals surface area contributed by atoms with Crippen molar-refractivity contribution < 1.29 is 9.63 Å². The smallest absolute Gasteiger partial charge is 0.306 e. The number of hydroxylamine groups is 2. The lowest BCUT2D eigenvalue weighted by atomic mass is 9.94. The van der Waals surface area contributed by atoms with Crippen LogP contribution in [0.1, 0.15) is 23.6 Å². The summed E-state index contributed by atoms with van der Waals surface area (Å²) in [5, 5.41) is 3.93. The lowest BCUT2D eigenvalue weighted by Gasteiger charge is -2.15. The van der Waals surface area contributed by atoms with E-state index in [1.54, 1.807) is 7.05 Å². The summed E-state index contributed by atoms with van der Waals surface area (Å²) in [7, 11) is 3.02. The third kappa shape index (κ3) is 5.39. The fourth-order valence-electron chi connectivity index (χ4n) is 2.61. The Kier molecular flexibility index (Phi) is 6.38. The lowest BCUT2D eigenvalue weighted by molar-refractivity contribution is -0.0598. The van der Waals surface area contributed by atoms with Crippen LogP contribution in [-0.4, -0.2) is 25.3 Å². The van der Waals surface area contributed by atoms with E-state index in [4.69, 9.17) is 4.84 Å². The summed E-state index contributed by atoms with van der Waals surface area (Å²) in [6.45, 7) is 4.38. The highest BCUT2D eigenvalue weighted by molar-refractivity contribution is 5.88. The average molecular weight is 326 g/mol. The molecule has 128 valence electrons. The highest BCUT2D eigenvalue weighted by Crippen LogP contribution is 2.17. The molecule has 0 aliphatic heterocycles. The molecule has 0 spiro atoms. The number of amides is 2. The van der Waals surface area contributed by atoms with Gasteiger partial charge in [0.2, 0.25) is 0 Å². The van der Waals surface area contributed by atoms with Crippen LogP contribution in [-0.2, 0) is 17.7 Å². The molecule has 0 saturated heterocycles. The number of urea groups is 1. The Hall–Kier alpha value is -2.33. The maximum Gasteiger partial charge on any atom is 0.345 e. The fourth-order valence-corrected chi connectivity index (χ4v) is 2.61. The van der Waals surface area contributed by atoms with Crippen LogP contribution >= 0.6 is 0 Å². The number of hydrogen-bond acceptors (Lipinski definition) is 2. The molecule has 2 aromatic carbocycles.